The Morgan fingerprint density at radius 1 is 1.21 bits per heavy atom. The summed E-state index contributed by atoms with van der Waals surface area (Å²) < 4.78 is 0. The summed E-state index contributed by atoms with van der Waals surface area (Å²) in [6, 6.07) is 9.72. The zero-order valence-corrected chi connectivity index (χ0v) is 13.2. The monoisotopic (exact) mass is 277 g/mol. The number of rotatable bonds is 6. The molecule has 0 amide bonds. The van der Waals surface area contributed by atoms with Crippen LogP contribution in [0.4, 0.5) is 0 Å². The lowest BCUT2D eigenvalue weighted by Gasteiger charge is -2.33. The fraction of sp³-hybridized carbons (Fsp3) is 0.647. The van der Waals surface area contributed by atoms with Crippen LogP contribution in [0.5, 0.6) is 0 Å². The van der Waals surface area contributed by atoms with Crippen LogP contribution in [0.3, 0.4) is 0 Å². The molecule has 0 aromatic heterocycles. The third-order valence-corrected chi connectivity index (χ3v) is 5.11. The highest BCUT2D eigenvalue weighted by Crippen LogP contribution is 2.24. The summed E-state index contributed by atoms with van der Waals surface area (Å²) in [6.07, 6.45) is 7.16. The average Bonchev–Trinajstić information content (AvgIpc) is 2.45. The van der Waals surface area contributed by atoms with Gasteiger partial charge >= 0.3 is 0 Å². The first-order chi connectivity index (χ1) is 9.29. The molecule has 1 saturated carbocycles. The van der Waals surface area contributed by atoms with Crippen LogP contribution in [0.15, 0.2) is 29.2 Å². The molecule has 1 nitrogen and oxygen atoms in total. The predicted molar refractivity (Wildman–Crippen MR) is 86.0 cm³/mol. The molecule has 19 heavy (non-hydrogen) atoms. The van der Waals surface area contributed by atoms with Crippen LogP contribution in [0.2, 0.25) is 0 Å². The Morgan fingerprint density at radius 3 is 2.68 bits per heavy atom. The summed E-state index contributed by atoms with van der Waals surface area (Å²) in [5.74, 6) is 1.22. The molecule has 1 aromatic carbocycles. The van der Waals surface area contributed by atoms with Gasteiger partial charge in [-0.3, -0.25) is 4.90 Å². The van der Waals surface area contributed by atoms with Gasteiger partial charge in [0.05, 0.1) is 0 Å². The molecule has 0 atom stereocenters. The topological polar surface area (TPSA) is 3.24 Å². The lowest BCUT2D eigenvalue weighted by molar-refractivity contribution is 0.173. The van der Waals surface area contributed by atoms with Crippen molar-refractivity contribution < 1.29 is 0 Å². The molecule has 0 heterocycles. The van der Waals surface area contributed by atoms with Crippen molar-refractivity contribution in [2.45, 2.75) is 56.9 Å². The van der Waals surface area contributed by atoms with Crippen LogP contribution in [0, 0.1) is 6.92 Å². The third-order valence-electron chi connectivity index (χ3n) is 4.13. The largest absolute Gasteiger partial charge is 0.300 e. The molecular formula is C17H27NS. The highest BCUT2D eigenvalue weighted by molar-refractivity contribution is 7.99. The first-order valence-electron chi connectivity index (χ1n) is 7.73. The molecule has 2 rings (SSSR count). The lowest BCUT2D eigenvalue weighted by atomic mass is 9.94. The Bertz CT molecular complexity index is 371. The number of aryl methyl sites for hydroxylation is 1. The number of hydrogen-bond acceptors (Lipinski definition) is 2. The molecule has 0 aliphatic heterocycles. The van der Waals surface area contributed by atoms with Crippen LogP contribution >= 0.6 is 11.8 Å². The second-order valence-electron chi connectivity index (χ2n) is 5.59. The molecular weight excluding hydrogens is 250 g/mol. The van der Waals surface area contributed by atoms with E-state index in [4.69, 9.17) is 0 Å². The van der Waals surface area contributed by atoms with Gasteiger partial charge in [0.15, 0.2) is 0 Å². The van der Waals surface area contributed by atoms with E-state index in [1.165, 1.54) is 61.4 Å². The molecule has 106 valence electrons. The maximum atomic E-state index is 2.70. The van der Waals surface area contributed by atoms with Crippen LogP contribution in [0.25, 0.3) is 0 Å². The second-order valence-corrected chi connectivity index (χ2v) is 6.75. The molecule has 2 heteroatoms. The van der Waals surface area contributed by atoms with E-state index in [9.17, 15) is 0 Å². The zero-order valence-electron chi connectivity index (χ0n) is 12.4. The number of thioether (sulfide) groups is 1. The lowest BCUT2D eigenvalue weighted by Crippen LogP contribution is -2.38. The summed E-state index contributed by atoms with van der Waals surface area (Å²) in [4.78, 5) is 4.11. The highest BCUT2D eigenvalue weighted by Gasteiger charge is 2.19. The summed E-state index contributed by atoms with van der Waals surface area (Å²) in [6.45, 7) is 6.93. The van der Waals surface area contributed by atoms with Gasteiger partial charge in [0.1, 0.15) is 0 Å². The van der Waals surface area contributed by atoms with Crippen molar-refractivity contribution in [2.24, 2.45) is 0 Å². The van der Waals surface area contributed by atoms with Crippen LogP contribution < -0.4 is 0 Å². The molecule has 1 fully saturated rings. The van der Waals surface area contributed by atoms with Gasteiger partial charge in [0.25, 0.3) is 0 Å². The molecule has 0 spiro atoms. The van der Waals surface area contributed by atoms with Crippen molar-refractivity contribution >= 4 is 11.8 Å². The van der Waals surface area contributed by atoms with Gasteiger partial charge in [0, 0.05) is 23.2 Å². The number of nitrogens with zero attached hydrogens (tertiary/aromatic N) is 1. The van der Waals surface area contributed by atoms with Gasteiger partial charge in [-0.25, -0.2) is 0 Å². The quantitative estimate of drug-likeness (QED) is 0.691. The van der Waals surface area contributed by atoms with Crippen molar-refractivity contribution in [3.63, 3.8) is 0 Å². The summed E-state index contributed by atoms with van der Waals surface area (Å²) in [7, 11) is 0. The molecule has 0 saturated heterocycles. The van der Waals surface area contributed by atoms with E-state index in [1.54, 1.807) is 0 Å². The third kappa shape index (κ3) is 4.85. The molecule has 0 radical (unpaired) electrons. The van der Waals surface area contributed by atoms with E-state index in [0.717, 1.165) is 6.04 Å². The molecule has 0 bridgehead atoms. The van der Waals surface area contributed by atoms with Crippen LogP contribution in [-0.4, -0.2) is 29.8 Å². The fourth-order valence-electron chi connectivity index (χ4n) is 3.03. The van der Waals surface area contributed by atoms with E-state index in [-0.39, 0.29) is 0 Å². The predicted octanol–water partition coefficient (Wildman–Crippen LogP) is 4.74. The van der Waals surface area contributed by atoms with Crippen molar-refractivity contribution in [1.29, 1.82) is 0 Å². The van der Waals surface area contributed by atoms with Crippen molar-refractivity contribution in [1.82, 2.24) is 4.90 Å². The van der Waals surface area contributed by atoms with Crippen molar-refractivity contribution in [2.75, 3.05) is 18.8 Å². The minimum Gasteiger partial charge on any atom is -0.300 e. The average molecular weight is 277 g/mol. The maximum Gasteiger partial charge on any atom is 0.0108 e. The Morgan fingerprint density at radius 2 is 2.00 bits per heavy atom. The van der Waals surface area contributed by atoms with Gasteiger partial charge in [-0.1, -0.05) is 43.9 Å². The van der Waals surface area contributed by atoms with Gasteiger partial charge in [-0.15, -0.1) is 11.8 Å². The van der Waals surface area contributed by atoms with Crippen molar-refractivity contribution in [3.05, 3.63) is 29.8 Å². The van der Waals surface area contributed by atoms with E-state index in [2.05, 4.69) is 43.0 Å². The Hall–Kier alpha value is -0.470. The first kappa shape index (κ1) is 14.9. The first-order valence-corrected chi connectivity index (χ1v) is 8.71. The van der Waals surface area contributed by atoms with Gasteiger partial charge < -0.3 is 0 Å². The smallest absolute Gasteiger partial charge is 0.0108 e. The summed E-state index contributed by atoms with van der Waals surface area (Å²) >= 11 is 2.00. The fourth-order valence-corrected chi connectivity index (χ4v) is 4.04. The molecule has 0 N–H and O–H groups in total. The number of hydrogen-bond donors (Lipinski definition) is 0. The Balaban J connectivity index is 1.76. The zero-order chi connectivity index (χ0) is 13.5. The number of benzene rings is 1. The molecule has 1 aliphatic carbocycles. The molecule has 1 aliphatic rings. The van der Waals surface area contributed by atoms with Gasteiger partial charge in [-0.05, 0) is 38.4 Å². The van der Waals surface area contributed by atoms with E-state index in [1.807, 2.05) is 11.8 Å². The van der Waals surface area contributed by atoms with Crippen molar-refractivity contribution in [3.8, 4) is 0 Å². The Kier molecular flexibility index (Phi) is 6.25. The minimum absolute atomic E-state index is 0.858. The van der Waals surface area contributed by atoms with E-state index >= 15 is 0 Å². The van der Waals surface area contributed by atoms with E-state index in [0.29, 0.717) is 0 Å². The van der Waals surface area contributed by atoms with Gasteiger partial charge in [-0.2, -0.15) is 0 Å². The van der Waals surface area contributed by atoms with Gasteiger partial charge in [0.2, 0.25) is 0 Å². The van der Waals surface area contributed by atoms with Crippen LogP contribution in [0.1, 0.15) is 44.6 Å². The van der Waals surface area contributed by atoms with Crippen LogP contribution in [-0.2, 0) is 0 Å². The maximum absolute atomic E-state index is 2.70. The molecule has 1 aromatic rings. The Labute approximate surface area is 122 Å². The standard InChI is InChI=1S/C17H27NS/c1-3-18(16-9-5-4-6-10-16)12-13-19-17-11-7-8-15(2)14-17/h7-8,11,14,16H,3-6,9-10,12-13H2,1-2H3. The molecule has 0 unspecified atom stereocenters. The second kappa shape index (κ2) is 7.96. The minimum atomic E-state index is 0.858. The highest BCUT2D eigenvalue weighted by atomic mass is 32.2. The SMILES string of the molecule is CCN(CCSc1cccc(C)c1)C1CCCCC1. The van der Waals surface area contributed by atoms with E-state index < -0.39 is 0 Å². The summed E-state index contributed by atoms with van der Waals surface area (Å²) in [5, 5.41) is 0. The normalized spacial score (nSPS) is 17.0. The summed E-state index contributed by atoms with van der Waals surface area (Å²) in [5.41, 5.74) is 1.37.